The summed E-state index contributed by atoms with van der Waals surface area (Å²) in [7, 11) is 0. The molecule has 1 amide bonds. The van der Waals surface area contributed by atoms with Gasteiger partial charge in [0.2, 0.25) is 5.91 Å². The molecular weight excluding hydrogens is 262 g/mol. The molecule has 0 aromatic heterocycles. The van der Waals surface area contributed by atoms with Gasteiger partial charge in [0.1, 0.15) is 0 Å². The lowest BCUT2D eigenvalue weighted by Crippen LogP contribution is -2.48. The highest BCUT2D eigenvalue weighted by molar-refractivity contribution is 5.79. The predicted octanol–water partition coefficient (Wildman–Crippen LogP) is 1.39. The quantitative estimate of drug-likeness (QED) is 0.889. The summed E-state index contributed by atoms with van der Waals surface area (Å²) < 4.78 is 0. The molecule has 2 aliphatic rings. The van der Waals surface area contributed by atoms with Gasteiger partial charge in [0.05, 0.1) is 6.54 Å². The van der Waals surface area contributed by atoms with E-state index in [4.69, 9.17) is 0 Å². The van der Waals surface area contributed by atoms with Gasteiger partial charge >= 0.3 is 0 Å². The van der Waals surface area contributed by atoms with Crippen LogP contribution in [-0.4, -0.2) is 54.5 Å². The van der Waals surface area contributed by atoms with Gasteiger partial charge in [0.15, 0.2) is 0 Å². The lowest BCUT2D eigenvalue weighted by molar-refractivity contribution is -0.133. The van der Waals surface area contributed by atoms with E-state index < -0.39 is 0 Å². The van der Waals surface area contributed by atoms with Crippen LogP contribution in [0.15, 0.2) is 24.3 Å². The van der Waals surface area contributed by atoms with Crippen LogP contribution < -0.4 is 5.32 Å². The molecule has 1 saturated carbocycles. The molecule has 1 heterocycles. The first kappa shape index (κ1) is 14.5. The largest absolute Gasteiger partial charge is 0.334 e. The summed E-state index contributed by atoms with van der Waals surface area (Å²) in [5.41, 5.74) is 2.51. The molecule has 1 aliphatic carbocycles. The number of amides is 1. The second-order valence-corrected chi connectivity index (χ2v) is 6.27. The normalized spacial score (nSPS) is 19.5. The van der Waals surface area contributed by atoms with Gasteiger partial charge < -0.3 is 10.2 Å². The van der Waals surface area contributed by atoms with E-state index in [2.05, 4.69) is 46.3 Å². The van der Waals surface area contributed by atoms with Crippen molar-refractivity contribution in [3.05, 3.63) is 35.4 Å². The molecule has 4 heteroatoms. The van der Waals surface area contributed by atoms with E-state index in [0.29, 0.717) is 18.5 Å². The molecule has 1 saturated heterocycles. The minimum absolute atomic E-state index is 0.293. The number of hydrogen-bond donors (Lipinski definition) is 1. The first-order valence-corrected chi connectivity index (χ1v) is 8.00. The molecule has 114 valence electrons. The maximum absolute atomic E-state index is 12.6. The zero-order chi connectivity index (χ0) is 14.7. The number of nitrogens with one attached hydrogen (secondary N) is 1. The third-order valence-electron chi connectivity index (χ3n) is 4.31. The van der Waals surface area contributed by atoms with Gasteiger partial charge in [-0.2, -0.15) is 0 Å². The van der Waals surface area contributed by atoms with Crippen molar-refractivity contribution in [2.75, 3.05) is 32.7 Å². The Kier molecular flexibility index (Phi) is 4.56. The SMILES string of the molecule is Cc1cccc(CN(C(=O)CN2CCNCC2)C2CC2)c1. The van der Waals surface area contributed by atoms with E-state index in [1.54, 1.807) is 0 Å². The molecule has 0 spiro atoms. The van der Waals surface area contributed by atoms with Crippen LogP contribution in [0.25, 0.3) is 0 Å². The van der Waals surface area contributed by atoms with E-state index in [0.717, 1.165) is 32.7 Å². The molecule has 3 rings (SSSR count). The second-order valence-electron chi connectivity index (χ2n) is 6.27. The number of rotatable bonds is 5. The van der Waals surface area contributed by atoms with Crippen molar-refractivity contribution in [1.29, 1.82) is 0 Å². The van der Waals surface area contributed by atoms with E-state index in [1.807, 2.05) is 0 Å². The smallest absolute Gasteiger partial charge is 0.237 e. The van der Waals surface area contributed by atoms with Crippen molar-refractivity contribution in [3.8, 4) is 0 Å². The Morgan fingerprint density at radius 3 is 2.76 bits per heavy atom. The highest BCUT2D eigenvalue weighted by atomic mass is 16.2. The Morgan fingerprint density at radius 2 is 2.10 bits per heavy atom. The molecule has 0 radical (unpaired) electrons. The van der Waals surface area contributed by atoms with Gasteiger partial charge in [-0.25, -0.2) is 0 Å². The summed E-state index contributed by atoms with van der Waals surface area (Å²) in [5.74, 6) is 0.293. The minimum atomic E-state index is 0.293. The molecule has 1 N–H and O–H groups in total. The van der Waals surface area contributed by atoms with Crippen LogP contribution in [0.5, 0.6) is 0 Å². The Labute approximate surface area is 127 Å². The second kappa shape index (κ2) is 6.58. The molecule has 1 aromatic carbocycles. The van der Waals surface area contributed by atoms with E-state index in [-0.39, 0.29) is 0 Å². The zero-order valence-electron chi connectivity index (χ0n) is 12.8. The Morgan fingerprint density at radius 1 is 1.33 bits per heavy atom. The van der Waals surface area contributed by atoms with E-state index >= 15 is 0 Å². The van der Waals surface area contributed by atoms with E-state index in [9.17, 15) is 4.79 Å². The number of piperazine rings is 1. The average molecular weight is 287 g/mol. The fourth-order valence-electron chi connectivity index (χ4n) is 2.97. The highest BCUT2D eigenvalue weighted by Crippen LogP contribution is 2.28. The summed E-state index contributed by atoms with van der Waals surface area (Å²) in [4.78, 5) is 17.0. The third kappa shape index (κ3) is 4.05. The number of carbonyl (C=O) groups excluding carboxylic acids is 1. The average Bonchev–Trinajstić information content (AvgIpc) is 3.30. The van der Waals surface area contributed by atoms with Crippen molar-refractivity contribution in [1.82, 2.24) is 15.1 Å². The fourth-order valence-corrected chi connectivity index (χ4v) is 2.97. The number of benzene rings is 1. The Balaban J connectivity index is 1.62. The Bertz CT molecular complexity index is 493. The molecule has 0 atom stereocenters. The molecule has 2 fully saturated rings. The van der Waals surface area contributed by atoms with Crippen LogP contribution in [0, 0.1) is 6.92 Å². The van der Waals surface area contributed by atoms with Gasteiger partial charge in [0.25, 0.3) is 0 Å². The topological polar surface area (TPSA) is 35.6 Å². The molecule has 21 heavy (non-hydrogen) atoms. The maximum Gasteiger partial charge on any atom is 0.237 e. The monoisotopic (exact) mass is 287 g/mol. The van der Waals surface area contributed by atoms with Crippen LogP contribution in [0.2, 0.25) is 0 Å². The molecular formula is C17H25N3O. The number of nitrogens with zero attached hydrogens (tertiary/aromatic N) is 2. The molecule has 1 aliphatic heterocycles. The van der Waals surface area contributed by atoms with Crippen molar-refractivity contribution in [3.63, 3.8) is 0 Å². The van der Waals surface area contributed by atoms with Crippen LogP contribution in [0.4, 0.5) is 0 Å². The third-order valence-corrected chi connectivity index (χ3v) is 4.31. The number of hydrogen-bond acceptors (Lipinski definition) is 3. The van der Waals surface area contributed by atoms with Gasteiger partial charge in [0, 0.05) is 38.8 Å². The van der Waals surface area contributed by atoms with Crippen molar-refractivity contribution >= 4 is 5.91 Å². The van der Waals surface area contributed by atoms with Crippen molar-refractivity contribution in [2.24, 2.45) is 0 Å². The standard InChI is InChI=1S/C17H25N3O/c1-14-3-2-4-15(11-14)12-20(16-5-6-16)17(21)13-19-9-7-18-8-10-19/h2-4,11,16,18H,5-10,12-13H2,1H3. The van der Waals surface area contributed by atoms with Gasteiger partial charge in [-0.3, -0.25) is 9.69 Å². The zero-order valence-corrected chi connectivity index (χ0v) is 12.8. The first-order chi connectivity index (χ1) is 10.2. The van der Waals surface area contributed by atoms with Gasteiger partial charge in [-0.05, 0) is 25.3 Å². The highest BCUT2D eigenvalue weighted by Gasteiger charge is 2.33. The number of aryl methyl sites for hydroxylation is 1. The molecule has 1 aromatic rings. The summed E-state index contributed by atoms with van der Waals surface area (Å²) in [6.07, 6.45) is 2.33. The summed E-state index contributed by atoms with van der Waals surface area (Å²) in [6.45, 7) is 7.39. The summed E-state index contributed by atoms with van der Waals surface area (Å²) in [6, 6.07) is 8.97. The van der Waals surface area contributed by atoms with E-state index in [1.165, 1.54) is 24.0 Å². The van der Waals surface area contributed by atoms with Gasteiger partial charge in [-0.1, -0.05) is 29.8 Å². The van der Waals surface area contributed by atoms with Crippen molar-refractivity contribution < 1.29 is 4.79 Å². The van der Waals surface area contributed by atoms with Crippen LogP contribution in [0.1, 0.15) is 24.0 Å². The lowest BCUT2D eigenvalue weighted by atomic mass is 10.1. The predicted molar refractivity (Wildman–Crippen MR) is 84.1 cm³/mol. The van der Waals surface area contributed by atoms with Crippen LogP contribution in [-0.2, 0) is 11.3 Å². The number of carbonyl (C=O) groups is 1. The molecule has 4 nitrogen and oxygen atoms in total. The lowest BCUT2D eigenvalue weighted by Gasteiger charge is -2.30. The molecule has 0 bridgehead atoms. The summed E-state index contributed by atoms with van der Waals surface area (Å²) >= 11 is 0. The van der Waals surface area contributed by atoms with Crippen LogP contribution >= 0.6 is 0 Å². The van der Waals surface area contributed by atoms with Gasteiger partial charge in [-0.15, -0.1) is 0 Å². The minimum Gasteiger partial charge on any atom is -0.334 e. The van der Waals surface area contributed by atoms with Crippen molar-refractivity contribution in [2.45, 2.75) is 32.4 Å². The summed E-state index contributed by atoms with van der Waals surface area (Å²) in [5, 5.41) is 3.33. The maximum atomic E-state index is 12.6. The first-order valence-electron chi connectivity index (χ1n) is 8.00. The van der Waals surface area contributed by atoms with Crippen LogP contribution in [0.3, 0.4) is 0 Å². The fraction of sp³-hybridized carbons (Fsp3) is 0.588. The Hall–Kier alpha value is -1.39. The molecule has 0 unspecified atom stereocenters.